The number of piperazine rings is 1. The summed E-state index contributed by atoms with van der Waals surface area (Å²) in [5.41, 5.74) is 1.72. The molecule has 4 heteroatoms. The van der Waals surface area contributed by atoms with Crippen LogP contribution in [0, 0.1) is 6.92 Å². The normalized spacial score (nSPS) is 15.7. The van der Waals surface area contributed by atoms with Crippen LogP contribution in [0.3, 0.4) is 0 Å². The molecule has 2 aromatic rings. The Morgan fingerprint density at radius 3 is 2.84 bits per heavy atom. The van der Waals surface area contributed by atoms with E-state index in [1.807, 2.05) is 30.0 Å². The van der Waals surface area contributed by atoms with Crippen LogP contribution in [-0.4, -0.2) is 42.0 Å². The number of hydrogen-bond acceptors (Lipinski definition) is 3. The molecule has 1 aliphatic heterocycles. The zero-order valence-electron chi connectivity index (χ0n) is 11.0. The average Bonchev–Trinajstić information content (AvgIpc) is 2.47. The van der Waals surface area contributed by atoms with Crippen LogP contribution in [0.2, 0.25) is 0 Å². The summed E-state index contributed by atoms with van der Waals surface area (Å²) >= 11 is 0. The SMILES string of the molecule is Cc1ccc2ccnc(C(=O)N3CCNCC3)c2c1. The molecule has 1 saturated heterocycles. The standard InChI is InChI=1S/C15H17N3O/c1-11-2-3-12-4-5-17-14(13(12)10-11)15(19)18-8-6-16-7-9-18/h2-5,10,16H,6-9H2,1H3. The molecule has 0 atom stereocenters. The van der Waals surface area contributed by atoms with Crippen LogP contribution in [0.25, 0.3) is 10.8 Å². The summed E-state index contributed by atoms with van der Waals surface area (Å²) in [7, 11) is 0. The first-order valence-electron chi connectivity index (χ1n) is 6.61. The highest BCUT2D eigenvalue weighted by molar-refractivity contribution is 6.05. The lowest BCUT2D eigenvalue weighted by molar-refractivity contribution is 0.0732. The summed E-state index contributed by atoms with van der Waals surface area (Å²) in [6.45, 7) is 5.25. The Morgan fingerprint density at radius 1 is 1.26 bits per heavy atom. The fourth-order valence-electron chi connectivity index (χ4n) is 2.47. The maximum absolute atomic E-state index is 12.6. The largest absolute Gasteiger partial charge is 0.335 e. The van der Waals surface area contributed by atoms with Crippen LogP contribution in [0.15, 0.2) is 30.5 Å². The molecule has 3 rings (SSSR count). The fourth-order valence-corrected chi connectivity index (χ4v) is 2.47. The quantitative estimate of drug-likeness (QED) is 0.841. The van der Waals surface area contributed by atoms with Gasteiger partial charge in [0.25, 0.3) is 5.91 Å². The van der Waals surface area contributed by atoms with Gasteiger partial charge in [0.1, 0.15) is 5.69 Å². The highest BCUT2D eigenvalue weighted by Gasteiger charge is 2.20. The van der Waals surface area contributed by atoms with Gasteiger partial charge >= 0.3 is 0 Å². The van der Waals surface area contributed by atoms with Gasteiger partial charge in [-0.2, -0.15) is 0 Å². The van der Waals surface area contributed by atoms with Crippen molar-refractivity contribution in [2.24, 2.45) is 0 Å². The molecule has 1 aromatic carbocycles. The van der Waals surface area contributed by atoms with Gasteiger partial charge in [0.2, 0.25) is 0 Å². The lowest BCUT2D eigenvalue weighted by atomic mass is 10.1. The number of rotatable bonds is 1. The van der Waals surface area contributed by atoms with E-state index in [4.69, 9.17) is 0 Å². The van der Waals surface area contributed by atoms with Gasteiger partial charge in [-0.05, 0) is 24.4 Å². The van der Waals surface area contributed by atoms with Crippen molar-refractivity contribution in [1.82, 2.24) is 15.2 Å². The van der Waals surface area contributed by atoms with Crippen molar-refractivity contribution in [3.05, 3.63) is 41.7 Å². The molecule has 0 bridgehead atoms. The minimum Gasteiger partial charge on any atom is -0.335 e. The van der Waals surface area contributed by atoms with Crippen molar-refractivity contribution in [3.63, 3.8) is 0 Å². The molecule has 1 N–H and O–H groups in total. The van der Waals surface area contributed by atoms with Crippen molar-refractivity contribution < 1.29 is 4.79 Å². The predicted octanol–water partition coefficient (Wildman–Crippen LogP) is 1.59. The maximum Gasteiger partial charge on any atom is 0.273 e. The first kappa shape index (κ1) is 12.1. The van der Waals surface area contributed by atoms with Gasteiger partial charge in [-0.25, -0.2) is 0 Å². The van der Waals surface area contributed by atoms with Crippen LogP contribution in [0.1, 0.15) is 16.1 Å². The first-order chi connectivity index (χ1) is 9.25. The highest BCUT2D eigenvalue weighted by Crippen LogP contribution is 2.20. The molecule has 1 aromatic heterocycles. The summed E-state index contributed by atoms with van der Waals surface area (Å²) in [5.74, 6) is 0.0395. The van der Waals surface area contributed by atoms with Crippen LogP contribution in [0.4, 0.5) is 0 Å². The molecule has 0 radical (unpaired) electrons. The number of pyridine rings is 1. The summed E-state index contributed by atoms with van der Waals surface area (Å²) in [6.07, 6.45) is 1.72. The Balaban J connectivity index is 2.03. The van der Waals surface area contributed by atoms with E-state index < -0.39 is 0 Å². The Labute approximate surface area is 112 Å². The summed E-state index contributed by atoms with van der Waals surface area (Å²) in [4.78, 5) is 18.7. The molecule has 19 heavy (non-hydrogen) atoms. The summed E-state index contributed by atoms with van der Waals surface area (Å²) in [5, 5.41) is 5.27. The Bertz CT molecular complexity index is 618. The summed E-state index contributed by atoms with van der Waals surface area (Å²) < 4.78 is 0. The molecule has 0 spiro atoms. The predicted molar refractivity (Wildman–Crippen MR) is 75.3 cm³/mol. The number of fused-ring (bicyclic) bond motifs is 1. The molecule has 0 unspecified atom stereocenters. The van der Waals surface area contributed by atoms with Crippen molar-refractivity contribution in [2.45, 2.75) is 6.92 Å². The third-order valence-electron chi connectivity index (χ3n) is 3.53. The third-order valence-corrected chi connectivity index (χ3v) is 3.53. The lowest BCUT2D eigenvalue weighted by Crippen LogP contribution is -2.46. The average molecular weight is 255 g/mol. The van der Waals surface area contributed by atoms with Crippen molar-refractivity contribution >= 4 is 16.7 Å². The van der Waals surface area contributed by atoms with Crippen molar-refractivity contribution in [2.75, 3.05) is 26.2 Å². The number of benzene rings is 1. The number of nitrogens with zero attached hydrogens (tertiary/aromatic N) is 2. The van der Waals surface area contributed by atoms with Gasteiger partial charge < -0.3 is 10.2 Å². The zero-order valence-corrected chi connectivity index (χ0v) is 11.0. The molecule has 0 saturated carbocycles. The maximum atomic E-state index is 12.6. The number of carbonyl (C=O) groups is 1. The molecular formula is C15H17N3O. The third kappa shape index (κ3) is 2.31. The van der Waals surface area contributed by atoms with Crippen LogP contribution < -0.4 is 5.32 Å². The van der Waals surface area contributed by atoms with E-state index in [2.05, 4.69) is 16.4 Å². The lowest BCUT2D eigenvalue weighted by Gasteiger charge is -2.27. The topological polar surface area (TPSA) is 45.2 Å². The molecule has 4 nitrogen and oxygen atoms in total. The van der Waals surface area contributed by atoms with Gasteiger partial charge in [0.15, 0.2) is 0 Å². The number of aryl methyl sites for hydroxylation is 1. The Kier molecular flexibility index (Phi) is 3.17. The molecule has 98 valence electrons. The molecular weight excluding hydrogens is 238 g/mol. The van der Waals surface area contributed by atoms with Crippen LogP contribution >= 0.6 is 0 Å². The molecule has 2 heterocycles. The number of hydrogen-bond donors (Lipinski definition) is 1. The van der Waals surface area contributed by atoms with Crippen LogP contribution in [0.5, 0.6) is 0 Å². The van der Waals surface area contributed by atoms with Crippen LogP contribution in [-0.2, 0) is 0 Å². The van der Waals surface area contributed by atoms with Crippen molar-refractivity contribution in [3.8, 4) is 0 Å². The first-order valence-corrected chi connectivity index (χ1v) is 6.61. The van der Waals surface area contributed by atoms with E-state index in [9.17, 15) is 4.79 Å². The van der Waals surface area contributed by atoms with Gasteiger partial charge in [-0.15, -0.1) is 0 Å². The van der Waals surface area contributed by atoms with Crippen molar-refractivity contribution in [1.29, 1.82) is 0 Å². The van der Waals surface area contributed by atoms with E-state index in [0.29, 0.717) is 5.69 Å². The molecule has 1 fully saturated rings. The van der Waals surface area contributed by atoms with Gasteiger partial charge in [-0.3, -0.25) is 9.78 Å². The number of aromatic nitrogens is 1. The smallest absolute Gasteiger partial charge is 0.273 e. The monoisotopic (exact) mass is 255 g/mol. The fraction of sp³-hybridized carbons (Fsp3) is 0.333. The molecule has 0 aliphatic carbocycles. The molecule has 1 amide bonds. The van der Waals surface area contributed by atoms with E-state index in [1.165, 1.54) is 0 Å². The van der Waals surface area contributed by atoms with E-state index in [0.717, 1.165) is 42.5 Å². The number of amides is 1. The summed E-state index contributed by atoms with van der Waals surface area (Å²) in [6, 6.07) is 8.09. The van der Waals surface area contributed by atoms with Gasteiger partial charge in [0.05, 0.1) is 0 Å². The number of nitrogens with one attached hydrogen (secondary N) is 1. The Morgan fingerprint density at radius 2 is 2.05 bits per heavy atom. The van der Waals surface area contributed by atoms with E-state index >= 15 is 0 Å². The molecule has 1 aliphatic rings. The van der Waals surface area contributed by atoms with Gasteiger partial charge in [-0.1, -0.05) is 17.7 Å². The second kappa shape index (κ2) is 4.97. The van der Waals surface area contributed by atoms with E-state index in [1.54, 1.807) is 6.20 Å². The number of carbonyl (C=O) groups excluding carboxylic acids is 1. The Hall–Kier alpha value is -1.94. The second-order valence-electron chi connectivity index (χ2n) is 4.93. The minimum absolute atomic E-state index is 0.0395. The minimum atomic E-state index is 0.0395. The highest BCUT2D eigenvalue weighted by atomic mass is 16.2. The van der Waals surface area contributed by atoms with Gasteiger partial charge in [0, 0.05) is 37.8 Å². The second-order valence-corrected chi connectivity index (χ2v) is 4.93. The zero-order chi connectivity index (χ0) is 13.2. The van der Waals surface area contributed by atoms with E-state index in [-0.39, 0.29) is 5.91 Å².